The fourth-order valence-electron chi connectivity index (χ4n) is 3.75. The number of imidazole rings is 1. The summed E-state index contributed by atoms with van der Waals surface area (Å²) in [5.74, 6) is -0.892. The van der Waals surface area contributed by atoms with Crippen LogP contribution in [0.2, 0.25) is 0 Å². The first-order chi connectivity index (χ1) is 12.3. The van der Waals surface area contributed by atoms with E-state index in [-0.39, 0.29) is 22.9 Å². The number of amides is 1. The van der Waals surface area contributed by atoms with Gasteiger partial charge in [-0.3, -0.25) is 4.79 Å². The van der Waals surface area contributed by atoms with Crippen LogP contribution in [0, 0.1) is 5.92 Å². The van der Waals surface area contributed by atoms with Crippen LogP contribution in [-0.2, 0) is 6.18 Å². The van der Waals surface area contributed by atoms with Gasteiger partial charge in [-0.05, 0) is 42.4 Å². The van der Waals surface area contributed by atoms with E-state index in [9.17, 15) is 18.0 Å². The molecule has 7 heteroatoms. The van der Waals surface area contributed by atoms with E-state index in [1.54, 1.807) is 6.07 Å². The smallest absolute Gasteiger partial charge is 0.352 e. The number of alkyl halides is 3. The summed E-state index contributed by atoms with van der Waals surface area (Å²) in [4.78, 5) is 18.7. The fraction of sp³-hybridized carbons (Fsp3) is 0.579. The summed E-state index contributed by atoms with van der Waals surface area (Å²) < 4.78 is 38.9. The highest BCUT2D eigenvalue weighted by Gasteiger charge is 2.35. The zero-order chi connectivity index (χ0) is 18.9. The van der Waals surface area contributed by atoms with E-state index >= 15 is 0 Å². The molecule has 0 saturated heterocycles. The summed E-state index contributed by atoms with van der Waals surface area (Å²) in [7, 11) is 0. The minimum Gasteiger partial charge on any atom is -0.352 e. The molecule has 1 aromatic heterocycles. The lowest BCUT2D eigenvalue weighted by Crippen LogP contribution is -2.31. The molecule has 1 amide bonds. The van der Waals surface area contributed by atoms with E-state index in [0.29, 0.717) is 23.6 Å². The molecule has 0 spiro atoms. The quantitative estimate of drug-likeness (QED) is 0.798. The average Bonchev–Trinajstić information content (AvgIpc) is 3.04. The van der Waals surface area contributed by atoms with Crippen molar-refractivity contribution in [2.75, 3.05) is 6.54 Å². The van der Waals surface area contributed by atoms with Gasteiger partial charge in [0.2, 0.25) is 5.82 Å². The Morgan fingerprint density at radius 1 is 1.27 bits per heavy atom. The number of halogens is 3. The maximum Gasteiger partial charge on any atom is 0.449 e. The van der Waals surface area contributed by atoms with Gasteiger partial charge in [-0.1, -0.05) is 33.1 Å². The number of benzene rings is 1. The zero-order valence-corrected chi connectivity index (χ0v) is 15.0. The molecule has 2 N–H and O–H groups in total. The van der Waals surface area contributed by atoms with Gasteiger partial charge in [-0.25, -0.2) is 4.98 Å². The van der Waals surface area contributed by atoms with E-state index in [1.807, 2.05) is 13.8 Å². The number of carbonyl (C=O) groups excluding carboxylic acids is 1. The predicted molar refractivity (Wildman–Crippen MR) is 94.1 cm³/mol. The molecule has 1 aliphatic carbocycles. The highest BCUT2D eigenvalue weighted by Crippen LogP contribution is 2.33. The van der Waals surface area contributed by atoms with Crippen LogP contribution < -0.4 is 5.32 Å². The first-order valence-corrected chi connectivity index (χ1v) is 9.15. The Bertz CT molecular complexity index is 789. The number of nitrogens with one attached hydrogen (secondary N) is 2. The number of carbonyl (C=O) groups is 1. The number of rotatable bonds is 4. The van der Waals surface area contributed by atoms with Crippen LogP contribution in [-0.4, -0.2) is 22.4 Å². The molecular formula is C19H24F3N3O. The maximum absolute atomic E-state index is 13.0. The summed E-state index contributed by atoms with van der Waals surface area (Å²) in [6.07, 6.45) is 1.32. The van der Waals surface area contributed by atoms with Gasteiger partial charge in [0.25, 0.3) is 5.91 Å². The number of hydrogen-bond acceptors (Lipinski definition) is 2. The monoisotopic (exact) mass is 367 g/mol. The Morgan fingerprint density at radius 3 is 2.58 bits per heavy atom. The Labute approximate surface area is 150 Å². The van der Waals surface area contributed by atoms with Crippen LogP contribution in [0.15, 0.2) is 12.1 Å². The number of aromatic nitrogens is 2. The zero-order valence-electron chi connectivity index (χ0n) is 15.0. The van der Waals surface area contributed by atoms with Crippen LogP contribution in [0.3, 0.4) is 0 Å². The van der Waals surface area contributed by atoms with Gasteiger partial charge in [0, 0.05) is 12.1 Å². The fourth-order valence-corrected chi connectivity index (χ4v) is 3.75. The lowest BCUT2D eigenvalue weighted by atomic mass is 9.89. The van der Waals surface area contributed by atoms with Crippen molar-refractivity contribution in [1.82, 2.24) is 15.3 Å². The molecular weight excluding hydrogens is 343 g/mol. The van der Waals surface area contributed by atoms with E-state index in [4.69, 9.17) is 0 Å². The molecule has 1 saturated carbocycles. The molecule has 26 heavy (non-hydrogen) atoms. The average molecular weight is 367 g/mol. The number of H-pyrrole nitrogens is 1. The van der Waals surface area contributed by atoms with Crippen molar-refractivity contribution >= 4 is 16.9 Å². The molecule has 0 aliphatic heterocycles. The van der Waals surface area contributed by atoms with Crippen LogP contribution in [0.1, 0.15) is 73.6 Å². The number of aromatic amines is 1. The van der Waals surface area contributed by atoms with Crippen LogP contribution in [0.4, 0.5) is 13.2 Å². The summed E-state index contributed by atoms with van der Waals surface area (Å²) >= 11 is 0. The van der Waals surface area contributed by atoms with Gasteiger partial charge in [0.05, 0.1) is 11.0 Å². The molecule has 3 rings (SSSR count). The molecule has 1 fully saturated rings. The Hall–Kier alpha value is -2.05. The first-order valence-electron chi connectivity index (χ1n) is 9.15. The Kier molecular flexibility index (Phi) is 5.25. The number of hydrogen-bond donors (Lipinski definition) is 2. The van der Waals surface area contributed by atoms with E-state index < -0.39 is 12.0 Å². The summed E-state index contributed by atoms with van der Waals surface area (Å²) in [6, 6.07) is 3.05. The largest absolute Gasteiger partial charge is 0.449 e. The normalized spacial score (nSPS) is 16.4. The molecule has 0 unspecified atom stereocenters. The molecule has 1 aromatic carbocycles. The van der Waals surface area contributed by atoms with Crippen molar-refractivity contribution in [1.29, 1.82) is 0 Å². The van der Waals surface area contributed by atoms with E-state index in [1.165, 1.54) is 25.3 Å². The third-order valence-corrected chi connectivity index (χ3v) is 5.07. The second kappa shape index (κ2) is 7.29. The molecule has 142 valence electrons. The molecule has 4 nitrogen and oxygen atoms in total. The topological polar surface area (TPSA) is 57.8 Å². The van der Waals surface area contributed by atoms with Gasteiger partial charge in [-0.15, -0.1) is 0 Å². The SMILES string of the molecule is CC(C)c1c(C(=O)NCC2CCCCC2)ccc2nc(C(F)(F)F)[nH]c12. The summed E-state index contributed by atoms with van der Waals surface area (Å²) in [5.41, 5.74) is 1.51. The van der Waals surface area contributed by atoms with E-state index in [2.05, 4.69) is 15.3 Å². The summed E-state index contributed by atoms with van der Waals surface area (Å²) in [6.45, 7) is 4.34. The first kappa shape index (κ1) is 18.7. The molecule has 0 bridgehead atoms. The lowest BCUT2D eigenvalue weighted by molar-refractivity contribution is -0.144. The minimum atomic E-state index is -4.54. The molecule has 0 radical (unpaired) electrons. The number of nitrogens with zero attached hydrogens (tertiary/aromatic N) is 1. The third kappa shape index (κ3) is 3.86. The van der Waals surface area contributed by atoms with Crippen molar-refractivity contribution in [3.8, 4) is 0 Å². The Morgan fingerprint density at radius 2 is 1.96 bits per heavy atom. The highest BCUT2D eigenvalue weighted by molar-refractivity contribution is 6.00. The van der Waals surface area contributed by atoms with Gasteiger partial charge >= 0.3 is 6.18 Å². The second-order valence-corrected chi connectivity index (χ2v) is 7.37. The van der Waals surface area contributed by atoms with Gasteiger partial charge in [0.15, 0.2) is 0 Å². The summed E-state index contributed by atoms with van der Waals surface area (Å²) in [5, 5.41) is 2.97. The van der Waals surface area contributed by atoms with Crippen molar-refractivity contribution in [2.45, 2.75) is 58.0 Å². The molecule has 2 aromatic rings. The second-order valence-electron chi connectivity index (χ2n) is 7.37. The molecule has 1 aliphatic rings. The highest BCUT2D eigenvalue weighted by atomic mass is 19.4. The van der Waals surface area contributed by atoms with Crippen LogP contribution >= 0.6 is 0 Å². The van der Waals surface area contributed by atoms with Crippen LogP contribution in [0.5, 0.6) is 0 Å². The Balaban J connectivity index is 1.89. The lowest BCUT2D eigenvalue weighted by Gasteiger charge is -2.22. The van der Waals surface area contributed by atoms with Crippen LogP contribution in [0.25, 0.3) is 11.0 Å². The van der Waals surface area contributed by atoms with Gasteiger partial charge in [0.1, 0.15) is 0 Å². The predicted octanol–water partition coefficient (Wildman–Crippen LogP) is 5.02. The number of fused-ring (bicyclic) bond motifs is 1. The molecule has 0 atom stereocenters. The maximum atomic E-state index is 13.0. The molecule has 1 heterocycles. The van der Waals surface area contributed by atoms with Crippen molar-refractivity contribution in [3.05, 3.63) is 29.1 Å². The standard InChI is InChI=1S/C19H24F3N3O/c1-11(2)15-13(17(26)23-10-12-6-4-3-5-7-12)8-9-14-16(15)25-18(24-14)19(20,21)22/h8-9,11-12H,3-7,10H2,1-2H3,(H,23,26)(H,24,25). The van der Waals surface area contributed by atoms with Crippen molar-refractivity contribution in [2.24, 2.45) is 5.92 Å². The van der Waals surface area contributed by atoms with E-state index in [0.717, 1.165) is 12.8 Å². The van der Waals surface area contributed by atoms with Gasteiger partial charge in [-0.2, -0.15) is 13.2 Å². The van der Waals surface area contributed by atoms with Crippen molar-refractivity contribution < 1.29 is 18.0 Å². The van der Waals surface area contributed by atoms with Gasteiger partial charge < -0.3 is 10.3 Å². The van der Waals surface area contributed by atoms with Crippen molar-refractivity contribution in [3.63, 3.8) is 0 Å². The minimum absolute atomic E-state index is 0.115. The third-order valence-electron chi connectivity index (χ3n) is 5.07.